The van der Waals surface area contributed by atoms with Crippen molar-refractivity contribution in [1.82, 2.24) is 0 Å². The Bertz CT molecular complexity index is 814. The zero-order valence-corrected chi connectivity index (χ0v) is 15.4. The summed E-state index contributed by atoms with van der Waals surface area (Å²) in [6.07, 6.45) is -2.58. The molecule has 0 spiro atoms. The van der Waals surface area contributed by atoms with Gasteiger partial charge in [0.1, 0.15) is 23.7 Å². The lowest BCUT2D eigenvalue weighted by Gasteiger charge is -2.41. The maximum atomic E-state index is 12.4. The second-order valence-electron chi connectivity index (χ2n) is 6.06. The van der Waals surface area contributed by atoms with Crippen molar-refractivity contribution in [2.45, 2.75) is 41.6 Å². The maximum absolute atomic E-state index is 12.4. The van der Waals surface area contributed by atoms with E-state index in [2.05, 4.69) is 10.0 Å². The average Bonchev–Trinajstić information content (AvgIpc) is 2.70. The van der Waals surface area contributed by atoms with Gasteiger partial charge >= 0.3 is 5.97 Å². The highest BCUT2D eigenvalue weighted by atomic mass is 32.2. The molecule has 1 heterocycles. The van der Waals surface area contributed by atoms with Crippen LogP contribution in [-0.4, -0.2) is 40.9 Å². The Labute approximate surface area is 160 Å². The third kappa shape index (κ3) is 4.61. The van der Waals surface area contributed by atoms with Gasteiger partial charge < -0.3 is 14.6 Å². The first-order chi connectivity index (χ1) is 13.1. The van der Waals surface area contributed by atoms with Crippen molar-refractivity contribution < 1.29 is 19.4 Å². The topological polar surface area (TPSA) is 105 Å². The molecule has 1 fully saturated rings. The summed E-state index contributed by atoms with van der Waals surface area (Å²) in [7, 11) is 0. The fourth-order valence-electron chi connectivity index (χ4n) is 2.86. The van der Waals surface area contributed by atoms with E-state index >= 15 is 0 Å². The third-order valence-corrected chi connectivity index (χ3v) is 5.38. The van der Waals surface area contributed by atoms with Gasteiger partial charge in [-0.3, -0.25) is 0 Å². The van der Waals surface area contributed by atoms with Gasteiger partial charge in [-0.05, 0) is 36.7 Å². The van der Waals surface area contributed by atoms with Crippen LogP contribution in [0.5, 0.6) is 0 Å². The fourth-order valence-corrected chi connectivity index (χ4v) is 3.97. The van der Waals surface area contributed by atoms with E-state index in [-0.39, 0.29) is 0 Å². The molecular weight excluding hydrogens is 366 g/mol. The van der Waals surface area contributed by atoms with E-state index in [0.29, 0.717) is 5.56 Å². The molecule has 5 atom stereocenters. The van der Waals surface area contributed by atoms with Crippen molar-refractivity contribution in [3.05, 3.63) is 76.7 Å². The fraction of sp³-hybridized carbons (Fsp3) is 0.316. The summed E-state index contributed by atoms with van der Waals surface area (Å²) in [6, 6.07) is 17.0. The number of ether oxygens (including phenoxy) is 2. The molecule has 1 saturated heterocycles. The lowest BCUT2D eigenvalue weighted by molar-refractivity contribution is -0.143. The minimum atomic E-state index is -1.13. The van der Waals surface area contributed by atoms with Gasteiger partial charge in [-0.1, -0.05) is 53.3 Å². The molecule has 7 nitrogen and oxygen atoms in total. The Hall–Kier alpha value is -2.51. The highest BCUT2D eigenvalue weighted by Gasteiger charge is 2.45. The van der Waals surface area contributed by atoms with Crippen molar-refractivity contribution in [3.63, 3.8) is 0 Å². The van der Waals surface area contributed by atoms with Crippen LogP contribution in [0.15, 0.2) is 70.7 Å². The Balaban J connectivity index is 1.77. The summed E-state index contributed by atoms with van der Waals surface area (Å²) in [6.45, 7) is 1.73. The van der Waals surface area contributed by atoms with E-state index in [1.165, 1.54) is 11.8 Å². The molecule has 2 aromatic rings. The van der Waals surface area contributed by atoms with Crippen LogP contribution in [0.1, 0.15) is 17.3 Å². The number of thioether (sulfide) groups is 1. The van der Waals surface area contributed by atoms with Crippen LogP contribution in [0.4, 0.5) is 0 Å². The van der Waals surface area contributed by atoms with Crippen molar-refractivity contribution in [2.75, 3.05) is 0 Å². The van der Waals surface area contributed by atoms with Gasteiger partial charge in [0.05, 0.1) is 11.7 Å². The number of aliphatic hydroxyl groups excluding tert-OH is 1. The minimum absolute atomic E-state index is 0.375. The first kappa shape index (κ1) is 19.3. The second kappa shape index (κ2) is 8.92. The smallest absolute Gasteiger partial charge is 0.338 e. The average molecular weight is 385 g/mol. The number of rotatable bonds is 5. The van der Waals surface area contributed by atoms with Crippen molar-refractivity contribution in [3.8, 4) is 0 Å². The van der Waals surface area contributed by atoms with Gasteiger partial charge in [0.2, 0.25) is 0 Å². The number of azide groups is 1. The number of hydrogen-bond donors (Lipinski definition) is 1. The summed E-state index contributed by atoms with van der Waals surface area (Å²) in [4.78, 5) is 16.1. The number of esters is 1. The molecular formula is C19H19N3O4S. The largest absolute Gasteiger partial charge is 0.455 e. The molecule has 8 heteroatoms. The van der Waals surface area contributed by atoms with E-state index in [4.69, 9.17) is 15.0 Å². The quantitative estimate of drug-likeness (QED) is 0.365. The Morgan fingerprint density at radius 1 is 1.19 bits per heavy atom. The van der Waals surface area contributed by atoms with E-state index in [1.54, 1.807) is 37.3 Å². The van der Waals surface area contributed by atoms with E-state index in [9.17, 15) is 9.90 Å². The predicted octanol–water partition coefficient (Wildman–Crippen LogP) is 3.79. The summed E-state index contributed by atoms with van der Waals surface area (Å²) < 4.78 is 11.4. The number of benzene rings is 2. The molecule has 0 aromatic heterocycles. The molecule has 1 aliphatic rings. The predicted molar refractivity (Wildman–Crippen MR) is 101 cm³/mol. The summed E-state index contributed by atoms with van der Waals surface area (Å²) >= 11 is 1.33. The van der Waals surface area contributed by atoms with Crippen molar-refractivity contribution in [1.29, 1.82) is 0 Å². The molecule has 140 valence electrons. The van der Waals surface area contributed by atoms with Crippen LogP contribution in [0.3, 0.4) is 0 Å². The normalized spacial score (nSPS) is 27.4. The Kier molecular flexibility index (Phi) is 6.36. The molecule has 1 aliphatic heterocycles. The SMILES string of the molecule is C[C@@H]1O[C@H](Sc2ccccc2)[C@@H](O)[C@H](N=[N+]=[N-])[C@@H]1OC(=O)c1ccccc1. The number of hydrogen-bond acceptors (Lipinski definition) is 6. The van der Waals surface area contributed by atoms with Crippen LogP contribution >= 0.6 is 11.8 Å². The molecule has 0 aliphatic carbocycles. The molecule has 2 aromatic carbocycles. The van der Waals surface area contributed by atoms with Crippen molar-refractivity contribution in [2.24, 2.45) is 5.11 Å². The highest BCUT2D eigenvalue weighted by molar-refractivity contribution is 7.99. The van der Waals surface area contributed by atoms with Gasteiger partial charge in [0.15, 0.2) is 0 Å². The Morgan fingerprint density at radius 2 is 1.81 bits per heavy atom. The maximum Gasteiger partial charge on any atom is 0.338 e. The zero-order chi connectivity index (χ0) is 19.2. The molecule has 0 unspecified atom stereocenters. The second-order valence-corrected chi connectivity index (χ2v) is 7.23. The Morgan fingerprint density at radius 3 is 2.44 bits per heavy atom. The molecule has 0 saturated carbocycles. The summed E-state index contributed by atoms with van der Waals surface area (Å²) in [5, 5.41) is 14.4. The van der Waals surface area contributed by atoms with E-state index in [0.717, 1.165) is 4.90 Å². The standard InChI is InChI=1S/C19H19N3O4S/c1-12-17(26-18(24)13-8-4-2-5-9-13)15(21-22-20)16(23)19(25-12)27-14-10-6-3-7-11-14/h2-12,15-17,19,23H,1H3/t12-,15-,16-,17+,19+/m0/s1. The van der Waals surface area contributed by atoms with Crippen LogP contribution in [0.25, 0.3) is 10.4 Å². The van der Waals surface area contributed by atoms with Crippen LogP contribution in [-0.2, 0) is 9.47 Å². The van der Waals surface area contributed by atoms with Gasteiger partial charge in [-0.15, -0.1) is 0 Å². The van der Waals surface area contributed by atoms with E-state index in [1.807, 2.05) is 30.3 Å². The number of nitrogens with zero attached hydrogens (tertiary/aromatic N) is 3. The molecule has 27 heavy (non-hydrogen) atoms. The molecule has 3 rings (SSSR count). The van der Waals surface area contributed by atoms with Crippen molar-refractivity contribution >= 4 is 17.7 Å². The first-order valence-corrected chi connectivity index (χ1v) is 9.33. The van der Waals surface area contributed by atoms with Crippen LogP contribution in [0.2, 0.25) is 0 Å². The number of carbonyl (C=O) groups excluding carboxylic acids is 1. The molecule has 0 radical (unpaired) electrons. The third-order valence-electron chi connectivity index (χ3n) is 4.21. The van der Waals surface area contributed by atoms with Gasteiger partial charge in [-0.25, -0.2) is 4.79 Å². The minimum Gasteiger partial charge on any atom is -0.455 e. The summed E-state index contributed by atoms with van der Waals surface area (Å²) in [5.41, 5.74) is 8.65. The lowest BCUT2D eigenvalue weighted by atomic mass is 9.98. The number of carbonyl (C=O) groups is 1. The highest BCUT2D eigenvalue weighted by Crippen LogP contribution is 2.35. The zero-order valence-electron chi connectivity index (χ0n) is 14.6. The molecule has 1 N–H and O–H groups in total. The van der Waals surface area contributed by atoms with Gasteiger partial charge in [-0.2, -0.15) is 0 Å². The van der Waals surface area contributed by atoms with Crippen LogP contribution < -0.4 is 0 Å². The number of aliphatic hydroxyl groups is 1. The summed E-state index contributed by atoms with van der Waals surface area (Å²) in [5.74, 6) is -0.560. The van der Waals surface area contributed by atoms with Crippen LogP contribution in [0, 0.1) is 0 Å². The van der Waals surface area contributed by atoms with Gasteiger partial charge in [0.25, 0.3) is 0 Å². The lowest BCUT2D eigenvalue weighted by Crippen LogP contribution is -2.56. The van der Waals surface area contributed by atoms with E-state index < -0.39 is 35.8 Å². The first-order valence-electron chi connectivity index (χ1n) is 8.45. The monoisotopic (exact) mass is 385 g/mol. The molecule has 0 amide bonds. The molecule has 0 bridgehead atoms. The van der Waals surface area contributed by atoms with Gasteiger partial charge in [0, 0.05) is 9.81 Å².